The fourth-order valence-electron chi connectivity index (χ4n) is 1.70. The van der Waals surface area contributed by atoms with E-state index in [4.69, 9.17) is 15.7 Å². The van der Waals surface area contributed by atoms with Crippen LogP contribution in [0.3, 0.4) is 0 Å². The van der Waals surface area contributed by atoms with Crippen molar-refractivity contribution in [3.63, 3.8) is 0 Å². The number of oxime groups is 1. The highest BCUT2D eigenvalue weighted by atomic mass is 79.9. The minimum atomic E-state index is -0.485. The lowest BCUT2D eigenvalue weighted by Crippen LogP contribution is -2.15. The molecule has 0 heterocycles. The molecule has 0 saturated heterocycles. The van der Waals surface area contributed by atoms with Crippen molar-refractivity contribution in [1.82, 2.24) is 0 Å². The number of aryl methyl sites for hydroxylation is 1. The molecule has 0 aliphatic heterocycles. The first-order chi connectivity index (χ1) is 9.52. The maximum Gasteiger partial charge on any atom is 0.175 e. The number of nitrogens with zero attached hydrogens (tertiary/aromatic N) is 1. The Morgan fingerprint density at radius 1 is 1.30 bits per heavy atom. The maximum atomic E-state index is 13.7. The number of hydrogen-bond donors (Lipinski definition) is 2. The first-order valence-corrected chi connectivity index (χ1v) is 6.52. The second kappa shape index (κ2) is 5.92. The first kappa shape index (κ1) is 14.3. The van der Waals surface area contributed by atoms with Crippen LogP contribution in [0.5, 0.6) is 11.5 Å². The summed E-state index contributed by atoms with van der Waals surface area (Å²) in [4.78, 5) is 0. The van der Waals surface area contributed by atoms with Crippen molar-refractivity contribution in [3.05, 3.63) is 57.8 Å². The molecule has 0 fully saturated rings. The van der Waals surface area contributed by atoms with Crippen LogP contribution in [-0.2, 0) is 0 Å². The van der Waals surface area contributed by atoms with Crippen LogP contribution in [0.15, 0.2) is 46.0 Å². The van der Waals surface area contributed by atoms with Crippen LogP contribution in [-0.4, -0.2) is 11.0 Å². The van der Waals surface area contributed by atoms with Crippen molar-refractivity contribution in [2.45, 2.75) is 6.92 Å². The van der Waals surface area contributed by atoms with E-state index >= 15 is 0 Å². The van der Waals surface area contributed by atoms with Crippen molar-refractivity contribution in [2.75, 3.05) is 0 Å². The zero-order valence-electron chi connectivity index (χ0n) is 10.6. The molecule has 0 atom stereocenters. The molecule has 0 radical (unpaired) electrons. The molecule has 0 aliphatic rings. The molecule has 0 unspecified atom stereocenters. The second-order valence-electron chi connectivity index (χ2n) is 4.13. The molecule has 0 saturated carbocycles. The minimum Gasteiger partial charge on any atom is -0.453 e. The Hall–Kier alpha value is -2.08. The highest BCUT2D eigenvalue weighted by Crippen LogP contribution is 2.32. The Labute approximate surface area is 123 Å². The van der Waals surface area contributed by atoms with Crippen molar-refractivity contribution < 1.29 is 14.3 Å². The number of hydrogen-bond acceptors (Lipinski definition) is 3. The van der Waals surface area contributed by atoms with E-state index in [0.717, 1.165) is 5.56 Å². The molecule has 2 aromatic carbocycles. The summed E-state index contributed by atoms with van der Waals surface area (Å²) in [6.07, 6.45) is 0. The molecule has 0 amide bonds. The van der Waals surface area contributed by atoms with Gasteiger partial charge in [-0.25, -0.2) is 4.39 Å². The largest absolute Gasteiger partial charge is 0.453 e. The summed E-state index contributed by atoms with van der Waals surface area (Å²) in [6.45, 7) is 1.83. The van der Waals surface area contributed by atoms with Crippen LogP contribution in [0.25, 0.3) is 0 Å². The summed E-state index contributed by atoms with van der Waals surface area (Å²) >= 11 is 3.29. The van der Waals surface area contributed by atoms with Crippen molar-refractivity contribution in [2.24, 2.45) is 10.9 Å². The molecule has 0 aliphatic carbocycles. The average molecular weight is 339 g/mol. The van der Waals surface area contributed by atoms with Crippen LogP contribution in [0.1, 0.15) is 11.1 Å². The van der Waals surface area contributed by atoms with E-state index in [2.05, 4.69) is 21.1 Å². The molecule has 2 rings (SSSR count). The molecule has 0 bridgehead atoms. The Morgan fingerprint density at radius 2 is 2.05 bits per heavy atom. The number of benzene rings is 2. The van der Waals surface area contributed by atoms with Gasteiger partial charge in [0, 0.05) is 4.47 Å². The lowest BCUT2D eigenvalue weighted by molar-refractivity contribution is 0.318. The number of amidine groups is 1. The summed E-state index contributed by atoms with van der Waals surface area (Å²) in [5, 5.41) is 11.8. The van der Waals surface area contributed by atoms with E-state index in [1.54, 1.807) is 30.3 Å². The summed E-state index contributed by atoms with van der Waals surface area (Å²) in [7, 11) is 0. The van der Waals surface area contributed by atoms with E-state index in [9.17, 15) is 4.39 Å². The molecule has 0 aromatic heterocycles. The Balaban J connectivity index is 2.49. The van der Waals surface area contributed by atoms with Crippen LogP contribution >= 0.6 is 15.9 Å². The van der Waals surface area contributed by atoms with Crippen LogP contribution in [0, 0.1) is 12.7 Å². The highest BCUT2D eigenvalue weighted by Gasteiger charge is 2.15. The maximum absolute atomic E-state index is 13.7. The SMILES string of the molecule is Cc1ccc(F)c(Oc2cccc(Br)c2/C(N)=N/O)c1. The highest BCUT2D eigenvalue weighted by molar-refractivity contribution is 9.10. The van der Waals surface area contributed by atoms with Gasteiger partial charge >= 0.3 is 0 Å². The second-order valence-corrected chi connectivity index (χ2v) is 4.99. The molecule has 6 heteroatoms. The van der Waals surface area contributed by atoms with Gasteiger partial charge in [0.25, 0.3) is 0 Å². The van der Waals surface area contributed by atoms with E-state index in [-0.39, 0.29) is 11.6 Å². The summed E-state index contributed by atoms with van der Waals surface area (Å²) in [6, 6.07) is 9.58. The Kier molecular flexibility index (Phi) is 4.24. The third kappa shape index (κ3) is 2.91. The molecule has 20 heavy (non-hydrogen) atoms. The Morgan fingerprint density at radius 3 is 2.75 bits per heavy atom. The van der Waals surface area contributed by atoms with Gasteiger partial charge in [0.15, 0.2) is 17.4 Å². The molecule has 4 nitrogen and oxygen atoms in total. The number of halogens is 2. The molecule has 0 spiro atoms. The molecule has 3 N–H and O–H groups in total. The zero-order chi connectivity index (χ0) is 14.7. The van der Waals surface area contributed by atoms with Gasteiger partial charge in [0.1, 0.15) is 5.75 Å². The van der Waals surface area contributed by atoms with Crippen molar-refractivity contribution >= 4 is 21.8 Å². The van der Waals surface area contributed by atoms with Gasteiger partial charge in [0.05, 0.1) is 5.56 Å². The fraction of sp³-hybridized carbons (Fsp3) is 0.0714. The zero-order valence-corrected chi connectivity index (χ0v) is 12.2. The number of nitrogens with two attached hydrogens (primary N) is 1. The number of rotatable bonds is 3. The van der Waals surface area contributed by atoms with Gasteiger partial charge in [0.2, 0.25) is 0 Å². The third-order valence-electron chi connectivity index (χ3n) is 2.65. The van der Waals surface area contributed by atoms with E-state index in [1.165, 1.54) is 6.07 Å². The summed E-state index contributed by atoms with van der Waals surface area (Å²) in [5.74, 6) is -0.240. The van der Waals surface area contributed by atoms with Gasteiger partial charge in [-0.05, 0) is 52.7 Å². The van der Waals surface area contributed by atoms with Gasteiger partial charge in [-0.15, -0.1) is 0 Å². The van der Waals surface area contributed by atoms with Crippen LogP contribution in [0.4, 0.5) is 4.39 Å². The van der Waals surface area contributed by atoms with Gasteiger partial charge < -0.3 is 15.7 Å². The number of ether oxygens (including phenoxy) is 1. The topological polar surface area (TPSA) is 67.8 Å². The smallest absolute Gasteiger partial charge is 0.175 e. The van der Waals surface area contributed by atoms with E-state index < -0.39 is 5.82 Å². The molecule has 104 valence electrons. The predicted molar refractivity (Wildman–Crippen MR) is 77.9 cm³/mol. The molecular weight excluding hydrogens is 327 g/mol. The minimum absolute atomic E-state index is 0.0788. The first-order valence-electron chi connectivity index (χ1n) is 5.73. The van der Waals surface area contributed by atoms with Crippen molar-refractivity contribution in [1.29, 1.82) is 0 Å². The molecular formula is C14H12BrFN2O2. The Bertz CT molecular complexity index is 674. The normalized spacial score (nSPS) is 11.4. The summed E-state index contributed by atoms with van der Waals surface area (Å²) < 4.78 is 19.9. The van der Waals surface area contributed by atoms with Crippen LogP contribution < -0.4 is 10.5 Å². The van der Waals surface area contributed by atoms with E-state index in [1.807, 2.05) is 6.92 Å². The van der Waals surface area contributed by atoms with Crippen LogP contribution in [0.2, 0.25) is 0 Å². The summed E-state index contributed by atoms with van der Waals surface area (Å²) in [5.41, 5.74) is 6.83. The van der Waals surface area contributed by atoms with Crippen molar-refractivity contribution in [3.8, 4) is 11.5 Å². The average Bonchev–Trinajstić information content (AvgIpc) is 2.42. The standard InChI is InChI=1S/C14H12BrFN2O2/c1-8-5-6-10(16)12(7-8)20-11-4-2-3-9(15)13(11)14(17)18-19/h2-7,19H,1H3,(H2,17,18). The van der Waals surface area contributed by atoms with Gasteiger partial charge in [-0.2, -0.15) is 0 Å². The quantitative estimate of drug-likeness (QED) is 0.387. The predicted octanol–water partition coefficient (Wildman–Crippen LogP) is 3.78. The molecule has 2 aromatic rings. The monoisotopic (exact) mass is 338 g/mol. The lowest BCUT2D eigenvalue weighted by atomic mass is 10.2. The van der Waals surface area contributed by atoms with Gasteiger partial charge in [-0.3, -0.25) is 0 Å². The fourth-order valence-corrected chi connectivity index (χ4v) is 2.25. The lowest BCUT2D eigenvalue weighted by Gasteiger charge is -2.12. The third-order valence-corrected chi connectivity index (χ3v) is 3.31. The van der Waals surface area contributed by atoms with E-state index in [0.29, 0.717) is 15.8 Å². The van der Waals surface area contributed by atoms with Gasteiger partial charge in [-0.1, -0.05) is 17.3 Å².